The van der Waals surface area contributed by atoms with Gasteiger partial charge in [-0.3, -0.25) is 9.78 Å². The molecule has 1 fully saturated rings. The molecular weight excluding hydrogens is 336 g/mol. The Bertz CT molecular complexity index is 1090. The Morgan fingerprint density at radius 1 is 1.15 bits per heavy atom. The van der Waals surface area contributed by atoms with E-state index in [1.165, 1.54) is 0 Å². The van der Waals surface area contributed by atoms with Gasteiger partial charge in [-0.05, 0) is 43.0 Å². The molecule has 0 spiro atoms. The van der Waals surface area contributed by atoms with Gasteiger partial charge in [-0.25, -0.2) is 10.4 Å². The summed E-state index contributed by atoms with van der Waals surface area (Å²) in [6.45, 7) is 0. The van der Waals surface area contributed by atoms with Crippen LogP contribution in [0.5, 0.6) is 0 Å². The van der Waals surface area contributed by atoms with E-state index in [2.05, 4.69) is 27.7 Å². The fourth-order valence-corrected chi connectivity index (χ4v) is 3.88. The molecule has 2 heterocycles. The minimum atomic E-state index is -0.203. The number of hydrazone groups is 1. The van der Waals surface area contributed by atoms with E-state index in [9.17, 15) is 4.79 Å². The van der Waals surface area contributed by atoms with Crippen LogP contribution in [0.15, 0.2) is 72.1 Å². The van der Waals surface area contributed by atoms with E-state index in [0.29, 0.717) is 17.4 Å². The van der Waals surface area contributed by atoms with Crippen molar-refractivity contribution < 1.29 is 4.79 Å². The molecule has 132 valence electrons. The Morgan fingerprint density at radius 2 is 2.00 bits per heavy atom. The molecule has 0 unspecified atom stereocenters. The third-order valence-corrected chi connectivity index (χ3v) is 5.40. The predicted molar refractivity (Wildman–Crippen MR) is 105 cm³/mol. The lowest BCUT2D eigenvalue weighted by Gasteiger charge is -2.31. The summed E-state index contributed by atoms with van der Waals surface area (Å²) in [6, 6.07) is 13.3. The van der Waals surface area contributed by atoms with Gasteiger partial charge in [0.1, 0.15) is 0 Å². The fraction of sp³-hybridized carbons (Fsp3) is 0.182. The van der Waals surface area contributed by atoms with Gasteiger partial charge in [-0.1, -0.05) is 30.4 Å². The number of aromatic nitrogens is 2. The quantitative estimate of drug-likeness (QED) is 0.571. The number of nitrogens with zero attached hydrogens (tertiary/aromatic N) is 3. The van der Waals surface area contributed by atoms with E-state index < -0.39 is 0 Å². The van der Waals surface area contributed by atoms with E-state index in [1.54, 1.807) is 12.4 Å². The van der Waals surface area contributed by atoms with Crippen LogP contribution in [0.4, 0.5) is 0 Å². The Kier molecular flexibility index (Phi) is 3.78. The fourth-order valence-electron chi connectivity index (χ4n) is 3.88. The smallest absolute Gasteiger partial charge is 0.267 e. The first-order chi connectivity index (χ1) is 13.3. The minimum absolute atomic E-state index is 0.203. The number of carbonyl (C=O) groups is 1. The molecule has 3 aromatic rings. The van der Waals surface area contributed by atoms with Crippen LogP contribution in [-0.2, 0) is 0 Å². The highest BCUT2D eigenvalue weighted by Gasteiger charge is 2.38. The lowest BCUT2D eigenvalue weighted by Crippen LogP contribution is -2.35. The highest BCUT2D eigenvalue weighted by molar-refractivity contribution is 6.07. The van der Waals surface area contributed by atoms with Gasteiger partial charge in [0.2, 0.25) is 0 Å². The first kappa shape index (κ1) is 15.9. The van der Waals surface area contributed by atoms with Crippen LogP contribution >= 0.6 is 0 Å². The van der Waals surface area contributed by atoms with E-state index in [4.69, 9.17) is 4.98 Å². The van der Waals surface area contributed by atoms with Gasteiger partial charge in [0.05, 0.1) is 16.8 Å². The molecule has 0 radical (unpaired) electrons. The number of allylic oxidation sites excluding steroid dienone is 2. The number of pyridine rings is 2. The Morgan fingerprint density at radius 3 is 2.85 bits per heavy atom. The van der Waals surface area contributed by atoms with Gasteiger partial charge in [0.25, 0.3) is 5.91 Å². The van der Waals surface area contributed by atoms with Crippen LogP contribution in [0.2, 0.25) is 0 Å². The molecular formula is C22H18N4O. The summed E-state index contributed by atoms with van der Waals surface area (Å²) in [5.41, 5.74) is 6.89. The maximum absolute atomic E-state index is 12.9. The van der Waals surface area contributed by atoms with Crippen LogP contribution in [-0.4, -0.2) is 21.6 Å². The van der Waals surface area contributed by atoms with Crippen molar-refractivity contribution in [2.24, 2.45) is 16.9 Å². The summed E-state index contributed by atoms with van der Waals surface area (Å²) in [7, 11) is 0. The van der Waals surface area contributed by atoms with Crippen molar-refractivity contribution in [1.82, 2.24) is 15.4 Å². The highest BCUT2D eigenvalue weighted by Crippen LogP contribution is 2.40. The number of hydrogen-bond acceptors (Lipinski definition) is 4. The second kappa shape index (κ2) is 6.43. The summed E-state index contributed by atoms with van der Waals surface area (Å²) in [4.78, 5) is 21.7. The van der Waals surface area contributed by atoms with Crippen molar-refractivity contribution in [3.05, 3.63) is 72.6 Å². The maximum Gasteiger partial charge on any atom is 0.272 e. The lowest BCUT2D eigenvalue weighted by atomic mass is 9.74. The van der Waals surface area contributed by atoms with Gasteiger partial charge in [-0.2, -0.15) is 5.10 Å². The molecule has 5 nitrogen and oxygen atoms in total. The second-order valence-electron chi connectivity index (χ2n) is 6.99. The van der Waals surface area contributed by atoms with Gasteiger partial charge < -0.3 is 0 Å². The molecule has 1 aromatic carbocycles. The minimum Gasteiger partial charge on any atom is -0.267 e. The zero-order valence-corrected chi connectivity index (χ0v) is 14.7. The van der Waals surface area contributed by atoms with Crippen LogP contribution in [0, 0.1) is 11.8 Å². The molecule has 5 heteroatoms. The monoisotopic (exact) mass is 354 g/mol. The Labute approximate surface area is 156 Å². The first-order valence-electron chi connectivity index (χ1n) is 9.13. The van der Waals surface area contributed by atoms with Crippen LogP contribution in [0.3, 0.4) is 0 Å². The second-order valence-corrected chi connectivity index (χ2v) is 6.99. The Hall–Kier alpha value is -3.34. The number of hydrogen-bond donors (Lipinski definition) is 1. The van der Waals surface area contributed by atoms with Crippen molar-refractivity contribution >= 4 is 22.5 Å². The van der Waals surface area contributed by atoms with Crippen LogP contribution in [0.1, 0.15) is 23.2 Å². The molecule has 1 N–H and O–H groups in total. The van der Waals surface area contributed by atoms with Crippen molar-refractivity contribution in [2.45, 2.75) is 12.8 Å². The van der Waals surface area contributed by atoms with Crippen LogP contribution in [0.25, 0.3) is 22.2 Å². The molecule has 2 atom stereocenters. The molecule has 0 saturated heterocycles. The molecule has 1 saturated carbocycles. The number of nitrogens with one attached hydrogen (secondary N) is 1. The van der Waals surface area contributed by atoms with Crippen molar-refractivity contribution in [2.75, 3.05) is 0 Å². The van der Waals surface area contributed by atoms with E-state index in [-0.39, 0.29) is 5.91 Å². The molecule has 5 rings (SSSR count). The van der Waals surface area contributed by atoms with Gasteiger partial charge in [-0.15, -0.1) is 0 Å². The van der Waals surface area contributed by atoms with Gasteiger partial charge in [0, 0.05) is 35.0 Å². The zero-order chi connectivity index (χ0) is 18.2. The van der Waals surface area contributed by atoms with E-state index >= 15 is 0 Å². The standard InChI is InChI=1S/C22H18N4O/c27-22(26-25-21-12-15-4-3-6-16(15)21)18-13-20(14-8-10-23-11-9-14)24-19-7-2-1-5-17(18)19/h1-5,7-11,13,15-16H,6,12H2,(H,26,27)/b25-21-/t15-,16-/m1/s1. The summed E-state index contributed by atoms with van der Waals surface area (Å²) in [6.07, 6.45) is 9.88. The predicted octanol–water partition coefficient (Wildman–Crippen LogP) is 3.98. The van der Waals surface area contributed by atoms with E-state index in [1.807, 2.05) is 42.5 Å². The molecule has 0 bridgehead atoms. The molecule has 2 aliphatic carbocycles. The summed E-state index contributed by atoms with van der Waals surface area (Å²) in [5, 5.41) is 5.23. The molecule has 1 amide bonds. The number of fused-ring (bicyclic) bond motifs is 2. The number of rotatable bonds is 3. The summed E-state index contributed by atoms with van der Waals surface area (Å²) < 4.78 is 0. The third kappa shape index (κ3) is 2.81. The third-order valence-electron chi connectivity index (χ3n) is 5.40. The molecule has 2 aromatic heterocycles. The topological polar surface area (TPSA) is 67.2 Å². The molecule has 27 heavy (non-hydrogen) atoms. The average Bonchev–Trinajstić information content (AvgIpc) is 3.08. The van der Waals surface area contributed by atoms with Crippen molar-refractivity contribution in [3.8, 4) is 11.3 Å². The molecule has 0 aliphatic heterocycles. The SMILES string of the molecule is O=C(N/N=C1/C[C@H]2C=CC[C@@H]12)c1cc(-c2ccncc2)nc2ccccc12. The number of carbonyl (C=O) groups excluding carboxylic acids is 1. The first-order valence-corrected chi connectivity index (χ1v) is 9.13. The highest BCUT2D eigenvalue weighted by atomic mass is 16.2. The van der Waals surface area contributed by atoms with E-state index in [0.717, 1.165) is 40.7 Å². The number of para-hydroxylation sites is 1. The maximum atomic E-state index is 12.9. The number of benzene rings is 1. The Balaban J connectivity index is 1.49. The van der Waals surface area contributed by atoms with Crippen LogP contribution < -0.4 is 5.43 Å². The van der Waals surface area contributed by atoms with Gasteiger partial charge >= 0.3 is 0 Å². The van der Waals surface area contributed by atoms with Crippen molar-refractivity contribution in [1.29, 1.82) is 0 Å². The van der Waals surface area contributed by atoms with Crippen molar-refractivity contribution in [3.63, 3.8) is 0 Å². The largest absolute Gasteiger partial charge is 0.272 e. The zero-order valence-electron chi connectivity index (χ0n) is 14.7. The normalized spacial score (nSPS) is 21.9. The summed E-state index contributed by atoms with van der Waals surface area (Å²) in [5.74, 6) is 0.887. The summed E-state index contributed by atoms with van der Waals surface area (Å²) >= 11 is 0. The average molecular weight is 354 g/mol. The molecule has 2 aliphatic rings. The lowest BCUT2D eigenvalue weighted by molar-refractivity contribution is 0.0955. The number of amides is 1. The van der Waals surface area contributed by atoms with Gasteiger partial charge in [0.15, 0.2) is 0 Å².